The topological polar surface area (TPSA) is 80.8 Å². The molecule has 1 heterocycles. The minimum absolute atomic E-state index is 0.0537. The van der Waals surface area contributed by atoms with E-state index in [1.807, 2.05) is 4.90 Å². The lowest BCUT2D eigenvalue weighted by atomic mass is 10.3. The van der Waals surface area contributed by atoms with Crippen LogP contribution in [0, 0.1) is 0 Å². The van der Waals surface area contributed by atoms with Crippen LogP contribution in [0.1, 0.15) is 0 Å². The second kappa shape index (κ2) is 6.93. The van der Waals surface area contributed by atoms with Gasteiger partial charge in [-0.3, -0.25) is 0 Å². The predicted molar refractivity (Wildman–Crippen MR) is 66.4 cm³/mol. The van der Waals surface area contributed by atoms with Crippen LogP contribution in [0.2, 0.25) is 0 Å². The SMILES string of the molecule is COCCN(CCO)c1ccc(N)c(OC)n1. The molecule has 0 amide bonds. The molecule has 0 saturated heterocycles. The molecule has 0 aliphatic heterocycles. The van der Waals surface area contributed by atoms with Crippen molar-refractivity contribution in [1.82, 2.24) is 4.98 Å². The first-order valence-electron chi connectivity index (χ1n) is 5.38. The summed E-state index contributed by atoms with van der Waals surface area (Å²) in [5.41, 5.74) is 6.19. The molecule has 17 heavy (non-hydrogen) atoms. The maximum Gasteiger partial charge on any atom is 0.238 e. The average molecular weight is 241 g/mol. The Morgan fingerprint density at radius 1 is 1.35 bits per heavy atom. The molecule has 6 heteroatoms. The van der Waals surface area contributed by atoms with Gasteiger partial charge in [0.25, 0.3) is 0 Å². The fourth-order valence-electron chi connectivity index (χ4n) is 1.44. The van der Waals surface area contributed by atoms with Gasteiger partial charge in [0.05, 0.1) is 26.0 Å². The number of anilines is 2. The van der Waals surface area contributed by atoms with Gasteiger partial charge in [-0.25, -0.2) is 0 Å². The number of nitrogens with two attached hydrogens (primary N) is 1. The van der Waals surface area contributed by atoms with Gasteiger partial charge in [0, 0.05) is 20.2 Å². The zero-order valence-electron chi connectivity index (χ0n) is 10.2. The molecule has 1 aromatic rings. The summed E-state index contributed by atoms with van der Waals surface area (Å²) in [7, 11) is 3.15. The van der Waals surface area contributed by atoms with Gasteiger partial charge < -0.3 is 25.2 Å². The highest BCUT2D eigenvalue weighted by molar-refractivity contribution is 5.54. The molecule has 0 aromatic carbocycles. The van der Waals surface area contributed by atoms with Gasteiger partial charge in [0.2, 0.25) is 5.88 Å². The van der Waals surface area contributed by atoms with Crippen LogP contribution in [-0.4, -0.2) is 50.6 Å². The van der Waals surface area contributed by atoms with Crippen LogP contribution in [0.4, 0.5) is 11.5 Å². The number of hydrogen-bond donors (Lipinski definition) is 2. The molecule has 0 bridgehead atoms. The number of ether oxygens (including phenoxy) is 2. The van der Waals surface area contributed by atoms with E-state index >= 15 is 0 Å². The first-order valence-corrected chi connectivity index (χ1v) is 5.38. The van der Waals surface area contributed by atoms with Gasteiger partial charge in [-0.1, -0.05) is 0 Å². The predicted octanol–water partition coefficient (Wildman–Crippen LogP) is 0.118. The lowest BCUT2D eigenvalue weighted by Crippen LogP contribution is -2.31. The summed E-state index contributed by atoms with van der Waals surface area (Å²) in [6.45, 7) is 1.76. The molecule has 0 saturated carbocycles. The number of pyridine rings is 1. The number of aliphatic hydroxyl groups is 1. The molecule has 0 fully saturated rings. The van der Waals surface area contributed by atoms with E-state index in [1.165, 1.54) is 7.11 Å². The fourth-order valence-corrected chi connectivity index (χ4v) is 1.44. The summed E-state index contributed by atoms with van der Waals surface area (Å²) < 4.78 is 10.1. The van der Waals surface area contributed by atoms with E-state index < -0.39 is 0 Å². The number of aliphatic hydroxyl groups excluding tert-OH is 1. The molecule has 1 rings (SSSR count). The summed E-state index contributed by atoms with van der Waals surface area (Å²) in [5.74, 6) is 1.10. The Morgan fingerprint density at radius 2 is 2.12 bits per heavy atom. The molecule has 0 spiro atoms. The standard InChI is InChI=1S/C11H19N3O3/c1-16-8-6-14(5-7-15)10-4-3-9(12)11(13-10)17-2/h3-4,15H,5-8,12H2,1-2H3. The third-order valence-electron chi connectivity index (χ3n) is 2.33. The highest BCUT2D eigenvalue weighted by atomic mass is 16.5. The fraction of sp³-hybridized carbons (Fsp3) is 0.545. The van der Waals surface area contributed by atoms with Crippen molar-refractivity contribution in [2.45, 2.75) is 0 Å². The van der Waals surface area contributed by atoms with Crippen LogP contribution < -0.4 is 15.4 Å². The number of hydrogen-bond acceptors (Lipinski definition) is 6. The Bertz CT molecular complexity index is 347. The summed E-state index contributed by atoms with van der Waals surface area (Å²) in [4.78, 5) is 6.18. The van der Waals surface area contributed by atoms with Crippen LogP contribution in [0.15, 0.2) is 12.1 Å². The van der Waals surface area contributed by atoms with E-state index in [0.29, 0.717) is 37.1 Å². The van der Waals surface area contributed by atoms with Gasteiger partial charge >= 0.3 is 0 Å². The van der Waals surface area contributed by atoms with Crippen LogP contribution in [0.3, 0.4) is 0 Å². The third kappa shape index (κ3) is 3.76. The number of aromatic nitrogens is 1. The van der Waals surface area contributed by atoms with Gasteiger partial charge in [-0.2, -0.15) is 4.98 Å². The maximum atomic E-state index is 9.01. The van der Waals surface area contributed by atoms with Crippen LogP contribution >= 0.6 is 0 Å². The second-order valence-corrected chi connectivity index (χ2v) is 3.47. The normalized spacial score (nSPS) is 10.3. The minimum Gasteiger partial charge on any atom is -0.479 e. The molecule has 1 aromatic heterocycles. The summed E-state index contributed by atoms with van der Waals surface area (Å²) in [6.07, 6.45) is 0. The Balaban J connectivity index is 2.85. The highest BCUT2D eigenvalue weighted by Gasteiger charge is 2.10. The first-order chi connectivity index (χ1) is 8.22. The molecule has 6 nitrogen and oxygen atoms in total. The van der Waals surface area contributed by atoms with Crippen molar-refractivity contribution in [3.8, 4) is 5.88 Å². The lowest BCUT2D eigenvalue weighted by molar-refractivity contribution is 0.202. The quantitative estimate of drug-likeness (QED) is 0.705. The van der Waals surface area contributed by atoms with Gasteiger partial charge in [-0.15, -0.1) is 0 Å². The molecule has 0 aliphatic rings. The van der Waals surface area contributed by atoms with Crippen molar-refractivity contribution in [3.63, 3.8) is 0 Å². The Labute approximate surface area is 101 Å². The molecular formula is C11H19N3O3. The third-order valence-corrected chi connectivity index (χ3v) is 2.33. The van der Waals surface area contributed by atoms with Crippen molar-refractivity contribution >= 4 is 11.5 Å². The number of methoxy groups -OCH3 is 2. The van der Waals surface area contributed by atoms with E-state index in [-0.39, 0.29) is 6.61 Å². The zero-order valence-corrected chi connectivity index (χ0v) is 10.2. The average Bonchev–Trinajstić information content (AvgIpc) is 2.35. The molecule has 0 aliphatic carbocycles. The molecule has 96 valence electrons. The Morgan fingerprint density at radius 3 is 2.71 bits per heavy atom. The van der Waals surface area contributed by atoms with Crippen LogP contribution in [0.5, 0.6) is 5.88 Å². The lowest BCUT2D eigenvalue weighted by Gasteiger charge is -2.22. The van der Waals surface area contributed by atoms with E-state index in [0.717, 1.165) is 0 Å². The van der Waals surface area contributed by atoms with Crippen LogP contribution in [0.25, 0.3) is 0 Å². The van der Waals surface area contributed by atoms with E-state index in [1.54, 1.807) is 19.2 Å². The van der Waals surface area contributed by atoms with Gasteiger partial charge in [0.15, 0.2) is 0 Å². The van der Waals surface area contributed by atoms with Crippen molar-refractivity contribution in [1.29, 1.82) is 0 Å². The number of rotatable bonds is 7. The van der Waals surface area contributed by atoms with Crippen LogP contribution in [-0.2, 0) is 4.74 Å². The Hall–Kier alpha value is -1.53. The summed E-state index contributed by atoms with van der Waals surface area (Å²) >= 11 is 0. The van der Waals surface area contributed by atoms with Crippen molar-refractivity contribution in [2.24, 2.45) is 0 Å². The van der Waals surface area contributed by atoms with Crippen molar-refractivity contribution < 1.29 is 14.6 Å². The molecule has 0 radical (unpaired) electrons. The second-order valence-electron chi connectivity index (χ2n) is 3.47. The zero-order chi connectivity index (χ0) is 12.7. The Kier molecular flexibility index (Phi) is 5.51. The van der Waals surface area contributed by atoms with Crippen molar-refractivity contribution in [2.75, 3.05) is 51.2 Å². The van der Waals surface area contributed by atoms with Gasteiger partial charge in [-0.05, 0) is 12.1 Å². The van der Waals surface area contributed by atoms with Crippen molar-refractivity contribution in [3.05, 3.63) is 12.1 Å². The van der Waals surface area contributed by atoms with E-state index in [2.05, 4.69) is 4.98 Å². The monoisotopic (exact) mass is 241 g/mol. The molecule has 0 atom stereocenters. The molecule has 3 N–H and O–H groups in total. The largest absolute Gasteiger partial charge is 0.479 e. The summed E-state index contributed by atoms with van der Waals surface area (Å²) in [6, 6.07) is 3.53. The van der Waals surface area contributed by atoms with Gasteiger partial charge in [0.1, 0.15) is 5.82 Å². The number of nitrogens with zero attached hydrogens (tertiary/aromatic N) is 2. The maximum absolute atomic E-state index is 9.01. The van der Waals surface area contributed by atoms with E-state index in [4.69, 9.17) is 20.3 Å². The summed E-state index contributed by atoms with van der Waals surface area (Å²) in [5, 5.41) is 9.01. The number of nitrogen functional groups attached to an aromatic ring is 1. The first kappa shape index (κ1) is 13.5. The van der Waals surface area contributed by atoms with E-state index in [9.17, 15) is 0 Å². The molecule has 0 unspecified atom stereocenters. The highest BCUT2D eigenvalue weighted by Crippen LogP contribution is 2.22. The smallest absolute Gasteiger partial charge is 0.238 e. The minimum atomic E-state index is 0.0537. The molecular weight excluding hydrogens is 222 g/mol.